The molecule has 8 nitrogen and oxygen atoms in total. The molecule has 120 valence electrons. The van der Waals surface area contributed by atoms with Crippen molar-refractivity contribution in [3.63, 3.8) is 0 Å². The minimum absolute atomic E-state index is 0.252. The van der Waals surface area contributed by atoms with E-state index in [1.807, 2.05) is 0 Å². The van der Waals surface area contributed by atoms with E-state index in [0.717, 1.165) is 43.1 Å². The highest BCUT2D eigenvalue weighted by Gasteiger charge is 2.27. The lowest BCUT2D eigenvalue weighted by Crippen LogP contribution is -2.35. The van der Waals surface area contributed by atoms with E-state index in [1.165, 1.54) is 0 Å². The smallest absolute Gasteiger partial charge is 0.229 e. The van der Waals surface area contributed by atoms with E-state index in [0.29, 0.717) is 11.5 Å². The van der Waals surface area contributed by atoms with Crippen molar-refractivity contribution in [2.45, 2.75) is 38.5 Å². The first-order chi connectivity index (χ1) is 11.2. The minimum atomic E-state index is 0.252. The normalized spacial score (nSPS) is 18.9. The maximum Gasteiger partial charge on any atom is 0.229 e. The van der Waals surface area contributed by atoms with Crippen LogP contribution in [-0.4, -0.2) is 43.2 Å². The Bertz CT molecular complexity index is 809. The molecule has 0 saturated carbocycles. The molecule has 23 heavy (non-hydrogen) atoms. The fourth-order valence-corrected chi connectivity index (χ4v) is 3.02. The van der Waals surface area contributed by atoms with Gasteiger partial charge in [0.05, 0.1) is 6.33 Å². The van der Waals surface area contributed by atoms with Crippen LogP contribution in [0.25, 0.3) is 11.2 Å². The van der Waals surface area contributed by atoms with Crippen molar-refractivity contribution in [1.29, 1.82) is 0 Å². The number of H-pyrrole nitrogens is 1. The van der Waals surface area contributed by atoms with Crippen LogP contribution in [-0.2, 0) is 0 Å². The number of fused-ring (bicyclic) bond motifs is 1. The van der Waals surface area contributed by atoms with Gasteiger partial charge in [-0.05, 0) is 12.8 Å². The van der Waals surface area contributed by atoms with Gasteiger partial charge in [0.25, 0.3) is 0 Å². The van der Waals surface area contributed by atoms with Crippen LogP contribution < -0.4 is 4.90 Å². The number of hydrogen-bond donors (Lipinski definition) is 1. The van der Waals surface area contributed by atoms with Crippen molar-refractivity contribution in [3.8, 4) is 0 Å². The summed E-state index contributed by atoms with van der Waals surface area (Å²) < 4.78 is 5.36. The molecule has 1 aliphatic heterocycles. The third-order valence-corrected chi connectivity index (χ3v) is 4.24. The fourth-order valence-electron chi connectivity index (χ4n) is 3.02. The summed E-state index contributed by atoms with van der Waals surface area (Å²) in [5.74, 6) is 2.91. The fraction of sp³-hybridized carbons (Fsp3) is 0.533. The van der Waals surface area contributed by atoms with E-state index in [-0.39, 0.29) is 11.8 Å². The van der Waals surface area contributed by atoms with Crippen LogP contribution in [0.15, 0.2) is 17.2 Å². The zero-order chi connectivity index (χ0) is 15.8. The van der Waals surface area contributed by atoms with E-state index in [1.54, 1.807) is 12.7 Å². The lowest BCUT2D eigenvalue weighted by molar-refractivity contribution is 0.354. The summed E-state index contributed by atoms with van der Waals surface area (Å²) in [4.78, 5) is 22.8. The minimum Gasteiger partial charge on any atom is -0.354 e. The summed E-state index contributed by atoms with van der Waals surface area (Å²) in [5, 5.41) is 4.18. The molecule has 0 amide bonds. The van der Waals surface area contributed by atoms with Gasteiger partial charge in [-0.15, -0.1) is 0 Å². The largest absolute Gasteiger partial charge is 0.354 e. The van der Waals surface area contributed by atoms with Crippen molar-refractivity contribution in [3.05, 3.63) is 24.4 Å². The van der Waals surface area contributed by atoms with Gasteiger partial charge in [0.1, 0.15) is 11.8 Å². The molecular formula is C15H19N7O. The molecule has 0 radical (unpaired) electrons. The SMILES string of the molecule is CC(C)c1nc(C2CCCN(c3ncnc4nc[nH]c34)C2)no1. The zero-order valence-electron chi connectivity index (χ0n) is 13.2. The highest BCUT2D eigenvalue weighted by molar-refractivity contribution is 5.82. The average molecular weight is 313 g/mol. The first-order valence-corrected chi connectivity index (χ1v) is 7.95. The number of rotatable bonds is 3. The van der Waals surface area contributed by atoms with Crippen molar-refractivity contribution >= 4 is 17.0 Å². The summed E-state index contributed by atoms with van der Waals surface area (Å²) in [6, 6.07) is 0. The van der Waals surface area contributed by atoms with E-state index in [4.69, 9.17) is 4.52 Å². The standard InChI is InChI=1S/C15H19N7O/c1-9(2)15-20-12(21-23-15)10-4-3-5-22(6-10)14-11-13(17-7-16-11)18-8-19-14/h7-10H,3-6H2,1-2H3,(H,16,17,18,19). The molecule has 1 aliphatic rings. The van der Waals surface area contributed by atoms with Crippen molar-refractivity contribution in [2.75, 3.05) is 18.0 Å². The molecular weight excluding hydrogens is 294 g/mol. The summed E-state index contributed by atoms with van der Waals surface area (Å²) in [6.45, 7) is 5.89. The first kappa shape index (κ1) is 14.1. The number of nitrogens with zero attached hydrogens (tertiary/aromatic N) is 6. The number of aromatic amines is 1. The average Bonchev–Trinajstić information content (AvgIpc) is 3.24. The van der Waals surface area contributed by atoms with E-state index < -0.39 is 0 Å². The van der Waals surface area contributed by atoms with Crippen LogP contribution in [0.5, 0.6) is 0 Å². The maximum atomic E-state index is 5.36. The third-order valence-electron chi connectivity index (χ3n) is 4.24. The second kappa shape index (κ2) is 5.60. The maximum absolute atomic E-state index is 5.36. The van der Waals surface area contributed by atoms with Crippen molar-refractivity contribution in [2.24, 2.45) is 0 Å². The number of aromatic nitrogens is 6. The molecule has 3 aromatic heterocycles. The highest BCUT2D eigenvalue weighted by Crippen LogP contribution is 2.30. The van der Waals surface area contributed by atoms with Crippen LogP contribution in [0.3, 0.4) is 0 Å². The number of imidazole rings is 1. The Kier molecular flexibility index (Phi) is 3.44. The Morgan fingerprint density at radius 3 is 3.04 bits per heavy atom. The molecule has 1 fully saturated rings. The van der Waals surface area contributed by atoms with Gasteiger partial charge in [0.15, 0.2) is 17.3 Å². The Morgan fingerprint density at radius 1 is 1.30 bits per heavy atom. The van der Waals surface area contributed by atoms with Crippen LogP contribution in [0, 0.1) is 0 Å². The lowest BCUT2D eigenvalue weighted by Gasteiger charge is -2.32. The van der Waals surface area contributed by atoms with Crippen LogP contribution >= 0.6 is 0 Å². The van der Waals surface area contributed by atoms with Crippen molar-refractivity contribution < 1.29 is 4.52 Å². The summed E-state index contributed by atoms with van der Waals surface area (Å²) in [6.07, 6.45) is 5.34. The van der Waals surface area contributed by atoms with Gasteiger partial charge in [-0.1, -0.05) is 19.0 Å². The molecule has 1 saturated heterocycles. The molecule has 8 heteroatoms. The predicted molar refractivity (Wildman–Crippen MR) is 84.3 cm³/mol. The molecule has 3 aromatic rings. The number of nitrogens with one attached hydrogen (secondary N) is 1. The van der Waals surface area contributed by atoms with Gasteiger partial charge in [-0.2, -0.15) is 4.98 Å². The second-order valence-corrected chi connectivity index (χ2v) is 6.23. The Labute approximate surface area is 133 Å². The molecule has 0 bridgehead atoms. The monoisotopic (exact) mass is 313 g/mol. The lowest BCUT2D eigenvalue weighted by atomic mass is 9.97. The van der Waals surface area contributed by atoms with Gasteiger partial charge < -0.3 is 14.4 Å². The molecule has 0 spiro atoms. The van der Waals surface area contributed by atoms with E-state index in [2.05, 4.69) is 48.8 Å². The summed E-state index contributed by atoms with van der Waals surface area (Å²) in [5.41, 5.74) is 1.57. The molecule has 1 unspecified atom stereocenters. The van der Waals surface area contributed by atoms with Crippen LogP contribution in [0.1, 0.15) is 50.2 Å². The van der Waals surface area contributed by atoms with Crippen LogP contribution in [0.4, 0.5) is 5.82 Å². The molecule has 1 N–H and O–H groups in total. The number of piperidine rings is 1. The Morgan fingerprint density at radius 2 is 2.22 bits per heavy atom. The first-order valence-electron chi connectivity index (χ1n) is 7.95. The highest BCUT2D eigenvalue weighted by atomic mass is 16.5. The van der Waals surface area contributed by atoms with Gasteiger partial charge in [0, 0.05) is 24.9 Å². The second-order valence-electron chi connectivity index (χ2n) is 6.23. The topological polar surface area (TPSA) is 96.6 Å². The number of anilines is 1. The van der Waals surface area contributed by atoms with Crippen LogP contribution in [0.2, 0.25) is 0 Å². The zero-order valence-corrected chi connectivity index (χ0v) is 13.2. The van der Waals surface area contributed by atoms with E-state index >= 15 is 0 Å². The molecule has 0 aromatic carbocycles. The van der Waals surface area contributed by atoms with Crippen molar-refractivity contribution in [1.82, 2.24) is 30.1 Å². The summed E-state index contributed by atoms with van der Waals surface area (Å²) >= 11 is 0. The van der Waals surface area contributed by atoms with Gasteiger partial charge in [-0.25, -0.2) is 15.0 Å². The molecule has 1 atom stereocenters. The third kappa shape index (κ3) is 2.54. The number of hydrogen-bond acceptors (Lipinski definition) is 7. The Hall–Kier alpha value is -2.51. The van der Waals surface area contributed by atoms with Gasteiger partial charge in [0.2, 0.25) is 5.89 Å². The quantitative estimate of drug-likeness (QED) is 0.792. The molecule has 0 aliphatic carbocycles. The van der Waals surface area contributed by atoms with E-state index in [9.17, 15) is 0 Å². The van der Waals surface area contributed by atoms with Gasteiger partial charge >= 0.3 is 0 Å². The Balaban J connectivity index is 1.60. The molecule has 4 rings (SSSR count). The van der Waals surface area contributed by atoms with Gasteiger partial charge in [-0.3, -0.25) is 0 Å². The molecule has 4 heterocycles. The summed E-state index contributed by atoms with van der Waals surface area (Å²) in [7, 11) is 0. The predicted octanol–water partition coefficient (Wildman–Crippen LogP) is 2.24.